The number of carboxylic acids is 1. The summed E-state index contributed by atoms with van der Waals surface area (Å²) in [6.07, 6.45) is 0. The molecule has 0 aromatic heterocycles. The lowest BCUT2D eigenvalue weighted by molar-refractivity contribution is -0.443. The Bertz CT molecular complexity index is 338. The second-order valence-electron chi connectivity index (χ2n) is 2.88. The highest BCUT2D eigenvalue weighted by molar-refractivity contribution is 5.71. The van der Waals surface area contributed by atoms with Gasteiger partial charge >= 0.3 is 0 Å². The number of carbonyl (C=O) groups is 1. The quantitative estimate of drug-likeness (QED) is 0.650. The molecule has 0 saturated heterocycles. The Morgan fingerprint density at radius 2 is 2.23 bits per heavy atom. The topological polar surface area (TPSA) is 67.8 Å². The molecular weight excluding hydrogens is 173 g/mol. The number of benzene rings is 1. The third-order valence-electron chi connectivity index (χ3n) is 1.88. The van der Waals surface area contributed by atoms with Crippen LogP contribution in [0.1, 0.15) is 17.2 Å². The van der Waals surface area contributed by atoms with Crippen LogP contribution in [-0.2, 0) is 4.79 Å². The molecule has 0 unspecified atom stereocenters. The van der Waals surface area contributed by atoms with E-state index in [-0.39, 0.29) is 0 Å². The number of rotatable bonds is 2. The van der Waals surface area contributed by atoms with E-state index in [4.69, 9.17) is 0 Å². The third-order valence-corrected chi connectivity index (χ3v) is 1.88. The van der Waals surface area contributed by atoms with E-state index < -0.39 is 17.8 Å². The summed E-state index contributed by atoms with van der Waals surface area (Å²) in [6.45, 7) is 1.61. The standard InChI is InChI=1S/C9H10FNO2/c1-5-2-3-6(4-7(5)10)8(11)9(12)13/h2-4,8H,11H2,1H3,(H,12,13)/t8-/m0/s1. The predicted octanol–water partition coefficient (Wildman–Crippen LogP) is -0.833. The Hall–Kier alpha value is -1.42. The highest BCUT2D eigenvalue weighted by Crippen LogP contribution is 2.13. The average molecular weight is 183 g/mol. The summed E-state index contributed by atoms with van der Waals surface area (Å²) < 4.78 is 13.0. The number of aliphatic carboxylic acids is 1. The molecule has 1 aromatic rings. The van der Waals surface area contributed by atoms with E-state index in [2.05, 4.69) is 5.73 Å². The van der Waals surface area contributed by atoms with Crippen molar-refractivity contribution in [1.82, 2.24) is 0 Å². The van der Waals surface area contributed by atoms with Gasteiger partial charge in [-0.3, -0.25) is 0 Å². The lowest BCUT2D eigenvalue weighted by atomic mass is 10.1. The minimum atomic E-state index is -1.30. The van der Waals surface area contributed by atoms with Gasteiger partial charge in [0, 0.05) is 5.56 Å². The van der Waals surface area contributed by atoms with Gasteiger partial charge in [0.25, 0.3) is 0 Å². The van der Waals surface area contributed by atoms with Crippen molar-refractivity contribution in [3.05, 3.63) is 35.1 Å². The van der Waals surface area contributed by atoms with E-state index in [1.54, 1.807) is 6.92 Å². The van der Waals surface area contributed by atoms with Gasteiger partial charge in [0.1, 0.15) is 11.8 Å². The summed E-state index contributed by atoms with van der Waals surface area (Å²) in [5, 5.41) is 10.4. The Balaban J connectivity index is 3.03. The monoisotopic (exact) mass is 183 g/mol. The van der Waals surface area contributed by atoms with Gasteiger partial charge < -0.3 is 15.6 Å². The Morgan fingerprint density at radius 3 is 2.69 bits per heavy atom. The minimum Gasteiger partial charge on any atom is -0.544 e. The number of carboxylic acid groups (broad SMARTS) is 1. The maximum atomic E-state index is 13.0. The molecule has 4 heteroatoms. The van der Waals surface area contributed by atoms with Crippen LogP contribution in [0.2, 0.25) is 0 Å². The van der Waals surface area contributed by atoms with Crippen LogP contribution in [0.5, 0.6) is 0 Å². The fourth-order valence-corrected chi connectivity index (χ4v) is 0.962. The molecule has 13 heavy (non-hydrogen) atoms. The number of halogens is 1. The summed E-state index contributed by atoms with van der Waals surface area (Å²) in [5.41, 5.74) is 4.15. The molecular formula is C9H10FNO2. The fourth-order valence-electron chi connectivity index (χ4n) is 0.962. The van der Waals surface area contributed by atoms with E-state index in [0.29, 0.717) is 11.1 Å². The summed E-state index contributed by atoms with van der Waals surface area (Å²) in [4.78, 5) is 10.4. The van der Waals surface area contributed by atoms with Crippen LogP contribution >= 0.6 is 0 Å². The van der Waals surface area contributed by atoms with Crippen molar-refractivity contribution in [1.29, 1.82) is 0 Å². The summed E-state index contributed by atoms with van der Waals surface area (Å²) in [6, 6.07) is 3.20. The van der Waals surface area contributed by atoms with Crippen molar-refractivity contribution in [2.24, 2.45) is 0 Å². The normalized spacial score (nSPS) is 12.5. The van der Waals surface area contributed by atoms with Gasteiger partial charge in [0.2, 0.25) is 0 Å². The highest BCUT2D eigenvalue weighted by atomic mass is 19.1. The third kappa shape index (κ3) is 2.03. The van der Waals surface area contributed by atoms with Gasteiger partial charge in [0.15, 0.2) is 6.04 Å². The van der Waals surface area contributed by atoms with Gasteiger partial charge in [-0.2, -0.15) is 0 Å². The molecule has 3 nitrogen and oxygen atoms in total. The molecule has 0 spiro atoms. The second kappa shape index (κ2) is 3.53. The summed E-state index contributed by atoms with van der Waals surface area (Å²) >= 11 is 0. The predicted molar refractivity (Wildman–Crippen MR) is 41.8 cm³/mol. The molecule has 0 heterocycles. The van der Waals surface area contributed by atoms with Crippen molar-refractivity contribution in [2.75, 3.05) is 0 Å². The number of aryl methyl sites for hydroxylation is 1. The van der Waals surface area contributed by atoms with E-state index in [1.165, 1.54) is 18.2 Å². The Morgan fingerprint density at radius 1 is 1.62 bits per heavy atom. The molecule has 1 aromatic carbocycles. The zero-order valence-electron chi connectivity index (χ0n) is 7.21. The zero-order chi connectivity index (χ0) is 10.0. The van der Waals surface area contributed by atoms with Gasteiger partial charge in [-0.25, -0.2) is 4.39 Å². The molecule has 0 aliphatic heterocycles. The van der Waals surface area contributed by atoms with Crippen LogP contribution in [0.25, 0.3) is 0 Å². The smallest absolute Gasteiger partial charge is 0.150 e. The molecule has 1 atom stereocenters. The molecule has 0 aliphatic carbocycles. The van der Waals surface area contributed by atoms with E-state index >= 15 is 0 Å². The van der Waals surface area contributed by atoms with Gasteiger partial charge in [-0.15, -0.1) is 0 Å². The molecule has 0 amide bonds. The first kappa shape index (κ1) is 9.67. The molecule has 0 aliphatic rings. The van der Waals surface area contributed by atoms with Gasteiger partial charge in [0.05, 0.1) is 0 Å². The van der Waals surface area contributed by atoms with Crippen LogP contribution in [0.15, 0.2) is 18.2 Å². The second-order valence-corrected chi connectivity index (χ2v) is 2.88. The van der Waals surface area contributed by atoms with E-state index in [1.807, 2.05) is 0 Å². The number of carbonyl (C=O) groups excluding carboxylic acids is 1. The SMILES string of the molecule is Cc1ccc([C@H]([NH3+])C(=O)[O-])cc1F. The number of hydrogen-bond donors (Lipinski definition) is 1. The first-order valence-electron chi connectivity index (χ1n) is 3.82. The molecule has 1 rings (SSSR count). The highest BCUT2D eigenvalue weighted by Gasteiger charge is 2.11. The molecule has 0 radical (unpaired) electrons. The summed E-state index contributed by atoms with van der Waals surface area (Å²) in [5.74, 6) is -1.73. The summed E-state index contributed by atoms with van der Waals surface area (Å²) in [7, 11) is 0. The first-order valence-corrected chi connectivity index (χ1v) is 3.82. The van der Waals surface area contributed by atoms with E-state index in [9.17, 15) is 14.3 Å². The number of quaternary nitrogens is 1. The molecule has 0 fully saturated rings. The maximum absolute atomic E-state index is 13.0. The van der Waals surface area contributed by atoms with Crippen LogP contribution in [0, 0.1) is 12.7 Å². The minimum absolute atomic E-state index is 0.322. The molecule has 70 valence electrons. The Labute approximate surface area is 75.0 Å². The molecule has 0 bridgehead atoms. The van der Waals surface area contributed by atoms with Crippen molar-refractivity contribution in [3.63, 3.8) is 0 Å². The maximum Gasteiger partial charge on any atom is 0.150 e. The van der Waals surface area contributed by atoms with Crippen molar-refractivity contribution in [2.45, 2.75) is 13.0 Å². The van der Waals surface area contributed by atoms with Crippen molar-refractivity contribution >= 4 is 5.97 Å². The zero-order valence-corrected chi connectivity index (χ0v) is 7.21. The Kier molecular flexibility index (Phi) is 2.63. The molecule has 0 saturated carbocycles. The van der Waals surface area contributed by atoms with Crippen LogP contribution < -0.4 is 10.8 Å². The number of hydrogen-bond acceptors (Lipinski definition) is 2. The van der Waals surface area contributed by atoms with Crippen molar-refractivity contribution in [3.8, 4) is 0 Å². The van der Waals surface area contributed by atoms with Gasteiger partial charge in [-0.1, -0.05) is 12.1 Å². The van der Waals surface area contributed by atoms with Crippen LogP contribution in [0.4, 0.5) is 4.39 Å². The van der Waals surface area contributed by atoms with Crippen LogP contribution in [0.3, 0.4) is 0 Å². The van der Waals surface area contributed by atoms with E-state index in [0.717, 1.165) is 0 Å². The van der Waals surface area contributed by atoms with Crippen LogP contribution in [-0.4, -0.2) is 5.97 Å². The van der Waals surface area contributed by atoms with Gasteiger partial charge in [-0.05, 0) is 18.6 Å². The van der Waals surface area contributed by atoms with Crippen molar-refractivity contribution < 1.29 is 20.0 Å². The first-order chi connectivity index (χ1) is 6.02. The lowest BCUT2D eigenvalue weighted by Gasteiger charge is -2.09. The average Bonchev–Trinajstić information content (AvgIpc) is 2.08. The largest absolute Gasteiger partial charge is 0.544 e. The molecule has 3 N–H and O–H groups in total. The fraction of sp³-hybridized carbons (Fsp3) is 0.222. The lowest BCUT2D eigenvalue weighted by Crippen LogP contribution is -2.61.